The summed E-state index contributed by atoms with van der Waals surface area (Å²) in [6, 6.07) is 8.75. The maximum atomic E-state index is 13.3. The van der Waals surface area contributed by atoms with Gasteiger partial charge in [-0.25, -0.2) is 8.78 Å². The monoisotopic (exact) mass is 292 g/mol. The zero-order valence-corrected chi connectivity index (χ0v) is 11.3. The minimum Gasteiger partial charge on any atom is -0.497 e. The highest BCUT2D eigenvalue weighted by molar-refractivity contribution is 5.43. The number of aliphatic hydroxyl groups is 1. The van der Waals surface area contributed by atoms with Crippen LogP contribution >= 0.6 is 0 Å². The Morgan fingerprint density at radius 2 is 1.95 bits per heavy atom. The molecule has 0 radical (unpaired) electrons. The second-order valence-corrected chi connectivity index (χ2v) is 4.94. The van der Waals surface area contributed by atoms with Crippen molar-refractivity contribution in [3.63, 3.8) is 0 Å². The van der Waals surface area contributed by atoms with Gasteiger partial charge in [0.15, 0.2) is 11.6 Å². The minimum absolute atomic E-state index is 0.269. The Labute approximate surface area is 120 Å². The molecule has 3 rings (SSSR count). The average molecular weight is 292 g/mol. The molecule has 0 bridgehead atoms. The molecule has 1 aliphatic heterocycles. The highest BCUT2D eigenvalue weighted by Crippen LogP contribution is 2.42. The summed E-state index contributed by atoms with van der Waals surface area (Å²) in [5, 5.41) is 10.2. The van der Waals surface area contributed by atoms with Crippen molar-refractivity contribution in [2.24, 2.45) is 0 Å². The van der Waals surface area contributed by atoms with Crippen molar-refractivity contribution in [3.8, 4) is 11.5 Å². The summed E-state index contributed by atoms with van der Waals surface area (Å²) in [4.78, 5) is 0. The molecule has 0 aliphatic carbocycles. The van der Waals surface area contributed by atoms with Crippen molar-refractivity contribution in [3.05, 3.63) is 59.2 Å². The molecule has 1 unspecified atom stereocenters. The predicted molar refractivity (Wildman–Crippen MR) is 72.3 cm³/mol. The van der Waals surface area contributed by atoms with Crippen LogP contribution in [0.15, 0.2) is 36.4 Å². The maximum absolute atomic E-state index is 13.3. The molecular formula is C16H14F2O3. The van der Waals surface area contributed by atoms with Crippen molar-refractivity contribution < 1.29 is 23.4 Å². The van der Waals surface area contributed by atoms with Crippen molar-refractivity contribution >= 4 is 0 Å². The molecule has 110 valence electrons. The summed E-state index contributed by atoms with van der Waals surface area (Å²) in [7, 11) is 1.54. The van der Waals surface area contributed by atoms with Gasteiger partial charge in [-0.15, -0.1) is 0 Å². The number of fused-ring (bicyclic) bond motifs is 1. The van der Waals surface area contributed by atoms with Gasteiger partial charge in [0.1, 0.15) is 17.6 Å². The van der Waals surface area contributed by atoms with Crippen LogP contribution in [0.5, 0.6) is 11.5 Å². The molecule has 1 aliphatic rings. The van der Waals surface area contributed by atoms with Crippen molar-refractivity contribution in [1.29, 1.82) is 0 Å². The first kappa shape index (κ1) is 13.8. The fourth-order valence-electron chi connectivity index (χ4n) is 2.47. The predicted octanol–water partition coefficient (Wildman–Crippen LogP) is 3.53. The molecule has 0 saturated carbocycles. The standard InChI is InChI=1S/C16H14F2O3/c1-20-10-3-5-15-11(7-10)14(19)8-16(21-15)9-2-4-12(17)13(18)6-9/h2-7,14,16,19H,8H2,1H3/t14-,16?/m0/s1. The van der Waals surface area contributed by atoms with Crippen LogP contribution in [0.4, 0.5) is 8.78 Å². The molecule has 21 heavy (non-hydrogen) atoms. The molecule has 3 nitrogen and oxygen atoms in total. The Morgan fingerprint density at radius 3 is 2.67 bits per heavy atom. The van der Waals surface area contributed by atoms with Gasteiger partial charge in [0.25, 0.3) is 0 Å². The van der Waals surface area contributed by atoms with Crippen LogP contribution in [-0.2, 0) is 0 Å². The fraction of sp³-hybridized carbons (Fsp3) is 0.250. The summed E-state index contributed by atoms with van der Waals surface area (Å²) in [5.74, 6) is -0.682. The molecule has 0 amide bonds. The van der Waals surface area contributed by atoms with E-state index in [4.69, 9.17) is 9.47 Å². The molecule has 0 spiro atoms. The van der Waals surface area contributed by atoms with E-state index in [9.17, 15) is 13.9 Å². The van der Waals surface area contributed by atoms with Gasteiger partial charge in [-0.2, -0.15) is 0 Å². The molecule has 0 saturated heterocycles. The van der Waals surface area contributed by atoms with E-state index >= 15 is 0 Å². The third-order valence-corrected chi connectivity index (χ3v) is 3.60. The largest absolute Gasteiger partial charge is 0.497 e. The molecule has 2 aromatic carbocycles. The van der Waals surface area contributed by atoms with Gasteiger partial charge in [-0.1, -0.05) is 6.07 Å². The average Bonchev–Trinajstić information content (AvgIpc) is 2.49. The Bertz CT molecular complexity index is 673. The van der Waals surface area contributed by atoms with Crippen LogP contribution in [0, 0.1) is 11.6 Å². The van der Waals surface area contributed by atoms with Gasteiger partial charge in [0, 0.05) is 12.0 Å². The first-order valence-electron chi connectivity index (χ1n) is 6.56. The van der Waals surface area contributed by atoms with Crippen LogP contribution in [0.1, 0.15) is 29.8 Å². The summed E-state index contributed by atoms with van der Waals surface area (Å²) in [6.45, 7) is 0. The summed E-state index contributed by atoms with van der Waals surface area (Å²) >= 11 is 0. The number of hydrogen-bond donors (Lipinski definition) is 1. The van der Waals surface area contributed by atoms with E-state index in [1.165, 1.54) is 6.07 Å². The fourth-order valence-corrected chi connectivity index (χ4v) is 2.47. The first-order chi connectivity index (χ1) is 10.1. The van der Waals surface area contributed by atoms with Crippen molar-refractivity contribution in [2.75, 3.05) is 7.11 Å². The summed E-state index contributed by atoms with van der Waals surface area (Å²) < 4.78 is 37.2. The van der Waals surface area contributed by atoms with E-state index in [1.807, 2.05) is 0 Å². The van der Waals surface area contributed by atoms with Crippen LogP contribution in [-0.4, -0.2) is 12.2 Å². The molecule has 0 fully saturated rings. The van der Waals surface area contributed by atoms with Crippen LogP contribution in [0.25, 0.3) is 0 Å². The Morgan fingerprint density at radius 1 is 1.14 bits per heavy atom. The zero-order valence-electron chi connectivity index (χ0n) is 11.3. The second-order valence-electron chi connectivity index (χ2n) is 4.94. The van der Waals surface area contributed by atoms with Gasteiger partial charge in [-0.05, 0) is 35.9 Å². The van der Waals surface area contributed by atoms with E-state index in [0.29, 0.717) is 22.6 Å². The SMILES string of the molecule is COc1ccc2c(c1)[C@@H](O)CC(c1ccc(F)c(F)c1)O2. The van der Waals surface area contributed by atoms with Gasteiger partial charge < -0.3 is 14.6 Å². The van der Waals surface area contributed by atoms with Crippen LogP contribution in [0.3, 0.4) is 0 Å². The number of hydrogen-bond acceptors (Lipinski definition) is 3. The van der Waals surface area contributed by atoms with Crippen LogP contribution in [0.2, 0.25) is 0 Å². The lowest BCUT2D eigenvalue weighted by molar-refractivity contribution is 0.0652. The van der Waals surface area contributed by atoms with Crippen molar-refractivity contribution in [2.45, 2.75) is 18.6 Å². The smallest absolute Gasteiger partial charge is 0.159 e. The highest BCUT2D eigenvalue weighted by Gasteiger charge is 2.29. The number of rotatable bonds is 2. The highest BCUT2D eigenvalue weighted by atomic mass is 19.2. The van der Waals surface area contributed by atoms with E-state index in [1.54, 1.807) is 25.3 Å². The number of aliphatic hydroxyl groups excluding tert-OH is 1. The van der Waals surface area contributed by atoms with E-state index in [-0.39, 0.29) is 6.42 Å². The van der Waals surface area contributed by atoms with Gasteiger partial charge >= 0.3 is 0 Å². The summed E-state index contributed by atoms with van der Waals surface area (Å²) in [6.07, 6.45) is -0.997. The van der Waals surface area contributed by atoms with E-state index in [2.05, 4.69) is 0 Å². The maximum Gasteiger partial charge on any atom is 0.159 e. The molecule has 2 aromatic rings. The molecule has 0 aromatic heterocycles. The number of halogens is 2. The van der Waals surface area contributed by atoms with E-state index < -0.39 is 23.8 Å². The Kier molecular flexibility index (Phi) is 3.51. The second kappa shape index (κ2) is 5.33. The lowest BCUT2D eigenvalue weighted by Crippen LogP contribution is -2.19. The van der Waals surface area contributed by atoms with E-state index in [0.717, 1.165) is 12.1 Å². The molecular weight excluding hydrogens is 278 g/mol. The third-order valence-electron chi connectivity index (χ3n) is 3.60. The number of ether oxygens (including phenoxy) is 2. The van der Waals surface area contributed by atoms with Crippen molar-refractivity contribution in [1.82, 2.24) is 0 Å². The topological polar surface area (TPSA) is 38.7 Å². The zero-order chi connectivity index (χ0) is 15.0. The third kappa shape index (κ3) is 2.56. The van der Waals surface area contributed by atoms with Gasteiger partial charge in [0.05, 0.1) is 13.2 Å². The van der Waals surface area contributed by atoms with Gasteiger partial charge in [0.2, 0.25) is 0 Å². The van der Waals surface area contributed by atoms with Gasteiger partial charge in [-0.3, -0.25) is 0 Å². The first-order valence-corrected chi connectivity index (χ1v) is 6.56. The molecule has 1 heterocycles. The lowest BCUT2D eigenvalue weighted by atomic mass is 9.95. The molecule has 2 atom stereocenters. The normalized spacial score (nSPS) is 20.6. The summed E-state index contributed by atoms with van der Waals surface area (Å²) in [5.41, 5.74) is 1.13. The number of methoxy groups -OCH3 is 1. The quantitative estimate of drug-likeness (QED) is 0.920. The lowest BCUT2D eigenvalue weighted by Gasteiger charge is -2.30. The molecule has 5 heteroatoms. The minimum atomic E-state index is -0.925. The van der Waals surface area contributed by atoms with Crippen LogP contribution < -0.4 is 9.47 Å². The molecule has 1 N–H and O–H groups in total. The number of benzene rings is 2. The Balaban J connectivity index is 1.92. The Hall–Kier alpha value is -2.14.